The first-order chi connectivity index (χ1) is 10.3. The molecular weight excluding hydrogens is 282 g/mol. The molecule has 21 heavy (non-hydrogen) atoms. The van der Waals surface area contributed by atoms with Gasteiger partial charge >= 0.3 is 0 Å². The third-order valence-electron chi connectivity index (χ3n) is 3.85. The highest BCUT2D eigenvalue weighted by atomic mass is 35.5. The van der Waals surface area contributed by atoms with Crippen LogP contribution in [0.15, 0.2) is 42.5 Å². The van der Waals surface area contributed by atoms with E-state index in [2.05, 4.69) is 30.3 Å². The lowest BCUT2D eigenvalue weighted by molar-refractivity contribution is 0.218. The monoisotopic (exact) mass is 297 g/mol. The molecule has 2 aromatic rings. The number of rotatable bonds is 4. The van der Waals surface area contributed by atoms with Gasteiger partial charge in [0.25, 0.3) is 0 Å². The largest absolute Gasteiger partial charge is 0.490 e. The van der Waals surface area contributed by atoms with Crippen molar-refractivity contribution in [3.8, 4) is 11.8 Å². The van der Waals surface area contributed by atoms with E-state index in [-0.39, 0.29) is 6.10 Å². The van der Waals surface area contributed by atoms with E-state index in [0.717, 1.165) is 37.0 Å². The van der Waals surface area contributed by atoms with E-state index in [9.17, 15) is 0 Å². The lowest BCUT2D eigenvalue weighted by Crippen LogP contribution is -2.12. The van der Waals surface area contributed by atoms with Crippen LogP contribution < -0.4 is 4.74 Å². The van der Waals surface area contributed by atoms with Crippen molar-refractivity contribution in [2.24, 2.45) is 0 Å². The van der Waals surface area contributed by atoms with Crippen LogP contribution >= 0.6 is 11.6 Å². The first-order valence-electron chi connectivity index (χ1n) is 7.19. The third kappa shape index (κ3) is 3.20. The fourth-order valence-corrected chi connectivity index (χ4v) is 2.96. The topological polar surface area (TPSA) is 33.0 Å². The molecule has 0 N–H and O–H groups in total. The maximum atomic E-state index is 9.01. The molecule has 106 valence electrons. The van der Waals surface area contributed by atoms with Crippen LogP contribution in [0.1, 0.15) is 29.5 Å². The Hall–Kier alpha value is -1.98. The number of hydrogen-bond acceptors (Lipinski definition) is 2. The van der Waals surface area contributed by atoms with Crippen molar-refractivity contribution in [3.05, 3.63) is 64.2 Å². The number of hydrogen-bond donors (Lipinski definition) is 0. The van der Waals surface area contributed by atoms with E-state index in [1.165, 1.54) is 5.56 Å². The van der Waals surface area contributed by atoms with Gasteiger partial charge in [0.05, 0.1) is 10.6 Å². The number of halogens is 1. The zero-order valence-corrected chi connectivity index (χ0v) is 12.4. The van der Waals surface area contributed by atoms with Crippen LogP contribution in [0, 0.1) is 11.3 Å². The Kier molecular flexibility index (Phi) is 4.13. The van der Waals surface area contributed by atoms with Gasteiger partial charge in [-0.2, -0.15) is 5.26 Å². The molecule has 0 aromatic heterocycles. The van der Waals surface area contributed by atoms with E-state index in [0.29, 0.717) is 10.6 Å². The quantitative estimate of drug-likeness (QED) is 0.830. The Labute approximate surface area is 129 Å². The molecule has 0 radical (unpaired) electrons. The minimum absolute atomic E-state index is 0.203. The summed E-state index contributed by atoms with van der Waals surface area (Å²) in [7, 11) is 0. The van der Waals surface area contributed by atoms with Crippen molar-refractivity contribution in [1.29, 1.82) is 5.26 Å². The fourth-order valence-electron chi connectivity index (χ4n) is 2.76. The normalized spacial score (nSPS) is 16.1. The van der Waals surface area contributed by atoms with Crippen LogP contribution in [0.3, 0.4) is 0 Å². The van der Waals surface area contributed by atoms with Gasteiger partial charge in [-0.1, -0.05) is 41.9 Å². The maximum absolute atomic E-state index is 9.01. The SMILES string of the molecule is N#Cc1cc2c(cc1Cl)OC(CCCc1ccccc1)C2. The molecule has 0 saturated heterocycles. The summed E-state index contributed by atoms with van der Waals surface area (Å²) in [5.41, 5.74) is 2.99. The molecule has 1 atom stereocenters. The van der Waals surface area contributed by atoms with E-state index < -0.39 is 0 Å². The van der Waals surface area contributed by atoms with Gasteiger partial charge < -0.3 is 4.74 Å². The molecule has 0 amide bonds. The molecule has 3 rings (SSSR count). The van der Waals surface area contributed by atoms with Crippen molar-refractivity contribution in [1.82, 2.24) is 0 Å². The smallest absolute Gasteiger partial charge is 0.124 e. The molecule has 1 heterocycles. The van der Waals surface area contributed by atoms with Gasteiger partial charge in [-0.05, 0) is 36.5 Å². The molecule has 0 spiro atoms. The average molecular weight is 298 g/mol. The summed E-state index contributed by atoms with van der Waals surface area (Å²) in [6.07, 6.45) is 4.26. The summed E-state index contributed by atoms with van der Waals surface area (Å²) in [5, 5.41) is 9.48. The van der Waals surface area contributed by atoms with Gasteiger partial charge in [-0.3, -0.25) is 0 Å². The second-order valence-electron chi connectivity index (χ2n) is 5.37. The zero-order chi connectivity index (χ0) is 14.7. The summed E-state index contributed by atoms with van der Waals surface area (Å²) in [5.74, 6) is 0.837. The average Bonchev–Trinajstić information content (AvgIpc) is 2.89. The van der Waals surface area contributed by atoms with Crippen molar-refractivity contribution in [2.75, 3.05) is 0 Å². The Bertz CT molecular complexity index is 676. The Morgan fingerprint density at radius 1 is 1.24 bits per heavy atom. The van der Waals surface area contributed by atoms with Gasteiger partial charge in [0.15, 0.2) is 0 Å². The van der Waals surface area contributed by atoms with Crippen LogP contribution in [0.5, 0.6) is 5.75 Å². The van der Waals surface area contributed by atoms with Crippen LogP contribution in [0.25, 0.3) is 0 Å². The molecule has 2 aromatic carbocycles. The fraction of sp³-hybridized carbons (Fsp3) is 0.278. The molecule has 0 saturated carbocycles. The number of benzene rings is 2. The van der Waals surface area contributed by atoms with Crippen LogP contribution in [-0.2, 0) is 12.8 Å². The van der Waals surface area contributed by atoms with Crippen molar-refractivity contribution in [2.45, 2.75) is 31.8 Å². The second-order valence-corrected chi connectivity index (χ2v) is 5.78. The van der Waals surface area contributed by atoms with Crippen LogP contribution in [-0.4, -0.2) is 6.10 Å². The lowest BCUT2D eigenvalue weighted by atomic mass is 10.0. The number of aryl methyl sites for hydroxylation is 1. The highest BCUT2D eigenvalue weighted by Crippen LogP contribution is 2.34. The van der Waals surface area contributed by atoms with Gasteiger partial charge in [-0.15, -0.1) is 0 Å². The van der Waals surface area contributed by atoms with Gasteiger partial charge in [0, 0.05) is 12.5 Å². The molecule has 2 nitrogen and oxygen atoms in total. The zero-order valence-electron chi connectivity index (χ0n) is 11.7. The molecule has 0 fully saturated rings. The van der Waals surface area contributed by atoms with E-state index in [1.807, 2.05) is 12.1 Å². The molecule has 0 bridgehead atoms. The van der Waals surface area contributed by atoms with Gasteiger partial charge in [0.1, 0.15) is 17.9 Å². The van der Waals surface area contributed by atoms with E-state index in [4.69, 9.17) is 21.6 Å². The molecule has 1 aliphatic rings. The highest BCUT2D eigenvalue weighted by Gasteiger charge is 2.24. The third-order valence-corrected chi connectivity index (χ3v) is 4.16. The van der Waals surface area contributed by atoms with Crippen molar-refractivity contribution < 1.29 is 4.74 Å². The molecule has 3 heteroatoms. The Morgan fingerprint density at radius 3 is 2.81 bits per heavy atom. The molecule has 0 aliphatic carbocycles. The summed E-state index contributed by atoms with van der Waals surface area (Å²) < 4.78 is 5.93. The predicted octanol–water partition coefficient (Wildman–Crippen LogP) is 4.54. The molecule has 1 unspecified atom stereocenters. The maximum Gasteiger partial charge on any atom is 0.124 e. The first kappa shape index (κ1) is 14.0. The highest BCUT2D eigenvalue weighted by molar-refractivity contribution is 6.31. The number of fused-ring (bicyclic) bond motifs is 1. The number of nitriles is 1. The van der Waals surface area contributed by atoms with Crippen LogP contribution in [0.4, 0.5) is 0 Å². The predicted molar refractivity (Wildman–Crippen MR) is 83.7 cm³/mol. The Morgan fingerprint density at radius 2 is 2.05 bits per heavy atom. The summed E-state index contributed by atoms with van der Waals surface area (Å²) in [4.78, 5) is 0. The lowest BCUT2D eigenvalue weighted by Gasteiger charge is -2.10. The van der Waals surface area contributed by atoms with Crippen molar-refractivity contribution >= 4 is 11.6 Å². The van der Waals surface area contributed by atoms with Crippen molar-refractivity contribution in [3.63, 3.8) is 0 Å². The summed E-state index contributed by atoms with van der Waals surface area (Å²) >= 11 is 6.04. The first-order valence-corrected chi connectivity index (χ1v) is 7.57. The molecular formula is C18H16ClNO. The summed E-state index contributed by atoms with van der Waals surface area (Å²) in [6.45, 7) is 0. The number of ether oxygens (including phenoxy) is 1. The van der Waals surface area contributed by atoms with E-state index >= 15 is 0 Å². The minimum Gasteiger partial charge on any atom is -0.490 e. The minimum atomic E-state index is 0.203. The van der Waals surface area contributed by atoms with Crippen LogP contribution in [0.2, 0.25) is 5.02 Å². The Balaban J connectivity index is 1.57. The van der Waals surface area contributed by atoms with E-state index in [1.54, 1.807) is 6.07 Å². The number of nitrogens with zero attached hydrogens (tertiary/aromatic N) is 1. The molecule has 1 aliphatic heterocycles. The van der Waals surface area contributed by atoms with Gasteiger partial charge in [-0.25, -0.2) is 0 Å². The summed E-state index contributed by atoms with van der Waals surface area (Å²) in [6, 6.07) is 16.2. The van der Waals surface area contributed by atoms with Gasteiger partial charge in [0.2, 0.25) is 0 Å². The standard InChI is InChI=1S/C18H16ClNO/c19-17-11-18-14(9-15(17)12-20)10-16(21-18)8-4-7-13-5-2-1-3-6-13/h1-3,5-6,9,11,16H,4,7-8,10H2. The second kappa shape index (κ2) is 6.20.